The maximum Gasteiger partial charge on any atom is 0.123 e. The molecule has 0 saturated heterocycles. The summed E-state index contributed by atoms with van der Waals surface area (Å²) in [6.45, 7) is 5.86. The van der Waals surface area contributed by atoms with Crippen LogP contribution in [0.1, 0.15) is 16.7 Å². The second-order valence-corrected chi connectivity index (χ2v) is 4.48. The van der Waals surface area contributed by atoms with Crippen LogP contribution in [-0.4, -0.2) is 10.2 Å². The fourth-order valence-electron chi connectivity index (χ4n) is 2.22. The van der Waals surface area contributed by atoms with Gasteiger partial charge >= 0.3 is 0 Å². The van der Waals surface area contributed by atoms with Gasteiger partial charge in [-0.2, -0.15) is 0 Å². The van der Waals surface area contributed by atoms with E-state index in [0.29, 0.717) is 0 Å². The van der Waals surface area contributed by atoms with E-state index in [-0.39, 0.29) is 11.5 Å². The molecule has 0 amide bonds. The summed E-state index contributed by atoms with van der Waals surface area (Å²) >= 11 is 0. The van der Waals surface area contributed by atoms with Gasteiger partial charge in [0.2, 0.25) is 0 Å². The SMILES string of the molecule is Cc1cc(C)c(-c2ccc(O)cc2C)c(O)c1. The molecule has 0 aliphatic carbocycles. The van der Waals surface area contributed by atoms with E-state index in [1.54, 1.807) is 18.2 Å². The molecular weight excluding hydrogens is 212 g/mol. The van der Waals surface area contributed by atoms with E-state index in [4.69, 9.17) is 0 Å². The second kappa shape index (κ2) is 4.13. The molecule has 0 bridgehead atoms. The zero-order valence-corrected chi connectivity index (χ0v) is 10.3. The molecular formula is C15H16O2. The topological polar surface area (TPSA) is 40.5 Å². The fraction of sp³-hybridized carbons (Fsp3) is 0.200. The number of benzene rings is 2. The van der Waals surface area contributed by atoms with Crippen LogP contribution < -0.4 is 0 Å². The van der Waals surface area contributed by atoms with Crippen molar-refractivity contribution in [1.82, 2.24) is 0 Å². The summed E-state index contributed by atoms with van der Waals surface area (Å²) in [6, 6.07) is 8.98. The summed E-state index contributed by atoms with van der Waals surface area (Å²) in [5.74, 6) is 0.534. The molecule has 0 aliphatic rings. The van der Waals surface area contributed by atoms with Crippen molar-refractivity contribution in [1.29, 1.82) is 0 Å². The Morgan fingerprint density at radius 2 is 1.53 bits per heavy atom. The Morgan fingerprint density at radius 3 is 2.12 bits per heavy atom. The highest BCUT2D eigenvalue weighted by atomic mass is 16.3. The first kappa shape index (κ1) is 11.5. The minimum atomic E-state index is 0.246. The third-order valence-electron chi connectivity index (χ3n) is 2.94. The van der Waals surface area contributed by atoms with Crippen molar-refractivity contribution in [2.75, 3.05) is 0 Å². The van der Waals surface area contributed by atoms with Crippen LogP contribution >= 0.6 is 0 Å². The van der Waals surface area contributed by atoms with Crippen molar-refractivity contribution in [3.63, 3.8) is 0 Å². The number of phenolic OH excluding ortho intramolecular Hbond substituents is 2. The van der Waals surface area contributed by atoms with Gasteiger partial charge in [0, 0.05) is 5.56 Å². The van der Waals surface area contributed by atoms with Gasteiger partial charge in [0.25, 0.3) is 0 Å². The summed E-state index contributed by atoms with van der Waals surface area (Å²) < 4.78 is 0. The Morgan fingerprint density at radius 1 is 0.824 bits per heavy atom. The Kier molecular flexibility index (Phi) is 2.80. The minimum absolute atomic E-state index is 0.246. The molecule has 0 radical (unpaired) electrons. The van der Waals surface area contributed by atoms with Gasteiger partial charge in [0.05, 0.1) is 0 Å². The average molecular weight is 228 g/mol. The lowest BCUT2D eigenvalue weighted by molar-refractivity contribution is 0.473. The quantitative estimate of drug-likeness (QED) is 0.781. The molecule has 0 aromatic heterocycles. The van der Waals surface area contributed by atoms with E-state index in [9.17, 15) is 10.2 Å². The molecule has 88 valence electrons. The zero-order chi connectivity index (χ0) is 12.6. The summed E-state index contributed by atoms with van der Waals surface area (Å²) in [6.07, 6.45) is 0. The molecule has 2 N–H and O–H groups in total. The Balaban J connectivity index is 2.68. The molecule has 0 spiro atoms. The van der Waals surface area contributed by atoms with Gasteiger partial charge < -0.3 is 10.2 Å². The first-order chi connectivity index (χ1) is 7.99. The third-order valence-corrected chi connectivity index (χ3v) is 2.94. The number of hydrogen-bond donors (Lipinski definition) is 2. The van der Waals surface area contributed by atoms with Gasteiger partial charge in [-0.1, -0.05) is 12.1 Å². The van der Waals surface area contributed by atoms with E-state index < -0.39 is 0 Å². The Bertz CT molecular complexity index is 548. The van der Waals surface area contributed by atoms with Crippen molar-refractivity contribution in [2.24, 2.45) is 0 Å². The molecule has 2 heteroatoms. The first-order valence-corrected chi connectivity index (χ1v) is 5.59. The number of aromatic hydroxyl groups is 2. The monoisotopic (exact) mass is 228 g/mol. The highest BCUT2D eigenvalue weighted by Crippen LogP contribution is 2.36. The minimum Gasteiger partial charge on any atom is -0.508 e. The molecule has 0 fully saturated rings. The van der Waals surface area contributed by atoms with Crippen LogP contribution in [0, 0.1) is 20.8 Å². The summed E-state index contributed by atoms with van der Waals surface area (Å²) in [5, 5.41) is 19.5. The van der Waals surface area contributed by atoms with Crippen LogP contribution in [0.5, 0.6) is 11.5 Å². The van der Waals surface area contributed by atoms with Crippen LogP contribution in [0.2, 0.25) is 0 Å². The van der Waals surface area contributed by atoms with Crippen LogP contribution in [-0.2, 0) is 0 Å². The van der Waals surface area contributed by atoms with Crippen molar-refractivity contribution in [3.05, 3.63) is 47.0 Å². The number of phenols is 2. The standard InChI is InChI=1S/C15H16O2/c1-9-6-11(3)15(14(17)7-9)13-5-4-12(16)8-10(13)2/h4-8,16-17H,1-3H3. The lowest BCUT2D eigenvalue weighted by atomic mass is 9.94. The van der Waals surface area contributed by atoms with Crippen LogP contribution in [0.3, 0.4) is 0 Å². The van der Waals surface area contributed by atoms with Gasteiger partial charge in [-0.3, -0.25) is 0 Å². The molecule has 2 aromatic rings. The van der Waals surface area contributed by atoms with Crippen LogP contribution in [0.4, 0.5) is 0 Å². The zero-order valence-electron chi connectivity index (χ0n) is 10.3. The van der Waals surface area contributed by atoms with Gasteiger partial charge in [0.15, 0.2) is 0 Å². The van der Waals surface area contributed by atoms with E-state index >= 15 is 0 Å². The number of aryl methyl sites for hydroxylation is 3. The largest absolute Gasteiger partial charge is 0.508 e. The van der Waals surface area contributed by atoms with Gasteiger partial charge in [-0.15, -0.1) is 0 Å². The summed E-state index contributed by atoms with van der Waals surface area (Å²) in [5.41, 5.74) is 4.83. The van der Waals surface area contributed by atoms with Gasteiger partial charge in [-0.05, 0) is 61.2 Å². The van der Waals surface area contributed by atoms with Gasteiger partial charge in [-0.25, -0.2) is 0 Å². The van der Waals surface area contributed by atoms with Crippen molar-refractivity contribution in [3.8, 4) is 22.6 Å². The lowest BCUT2D eigenvalue weighted by Gasteiger charge is -2.12. The maximum absolute atomic E-state index is 10.1. The van der Waals surface area contributed by atoms with E-state index in [1.165, 1.54) is 0 Å². The lowest BCUT2D eigenvalue weighted by Crippen LogP contribution is -1.89. The Labute approximate surface area is 101 Å². The molecule has 2 rings (SSSR count). The van der Waals surface area contributed by atoms with E-state index in [2.05, 4.69) is 0 Å². The molecule has 0 atom stereocenters. The molecule has 0 aliphatic heterocycles. The number of rotatable bonds is 1. The summed E-state index contributed by atoms with van der Waals surface area (Å²) in [4.78, 5) is 0. The maximum atomic E-state index is 10.1. The molecule has 2 aromatic carbocycles. The van der Waals surface area contributed by atoms with Crippen LogP contribution in [0.15, 0.2) is 30.3 Å². The fourth-order valence-corrected chi connectivity index (χ4v) is 2.22. The number of hydrogen-bond acceptors (Lipinski definition) is 2. The third kappa shape index (κ3) is 2.11. The van der Waals surface area contributed by atoms with E-state index in [1.807, 2.05) is 32.9 Å². The van der Waals surface area contributed by atoms with Crippen molar-refractivity contribution in [2.45, 2.75) is 20.8 Å². The first-order valence-electron chi connectivity index (χ1n) is 5.59. The predicted octanol–water partition coefficient (Wildman–Crippen LogP) is 3.69. The normalized spacial score (nSPS) is 10.5. The average Bonchev–Trinajstić information content (AvgIpc) is 2.19. The molecule has 17 heavy (non-hydrogen) atoms. The summed E-state index contributed by atoms with van der Waals surface area (Å²) in [7, 11) is 0. The smallest absolute Gasteiger partial charge is 0.123 e. The van der Waals surface area contributed by atoms with E-state index in [0.717, 1.165) is 27.8 Å². The van der Waals surface area contributed by atoms with Crippen molar-refractivity contribution < 1.29 is 10.2 Å². The van der Waals surface area contributed by atoms with Gasteiger partial charge in [0.1, 0.15) is 11.5 Å². The molecule has 2 nitrogen and oxygen atoms in total. The molecule has 0 heterocycles. The highest BCUT2D eigenvalue weighted by Gasteiger charge is 2.11. The van der Waals surface area contributed by atoms with Crippen LogP contribution in [0.25, 0.3) is 11.1 Å². The van der Waals surface area contributed by atoms with Crippen molar-refractivity contribution >= 4 is 0 Å². The Hall–Kier alpha value is -1.96. The highest BCUT2D eigenvalue weighted by molar-refractivity contribution is 5.77. The molecule has 0 unspecified atom stereocenters. The predicted molar refractivity (Wildman–Crippen MR) is 69.4 cm³/mol. The second-order valence-electron chi connectivity index (χ2n) is 4.48. The molecule has 0 saturated carbocycles.